The Morgan fingerprint density at radius 1 is 1.11 bits per heavy atom. The van der Waals surface area contributed by atoms with Crippen LogP contribution in [0, 0.1) is 12.8 Å². The first-order valence-corrected chi connectivity index (χ1v) is 9.79. The number of piperidine rings is 1. The largest absolute Gasteiger partial charge is 0.323 e. The Balaban J connectivity index is 1.32. The molecule has 1 saturated heterocycles. The number of rotatable bonds is 3. The van der Waals surface area contributed by atoms with Gasteiger partial charge in [0.1, 0.15) is 0 Å². The van der Waals surface area contributed by atoms with E-state index in [0.29, 0.717) is 5.92 Å². The van der Waals surface area contributed by atoms with Crippen molar-refractivity contribution in [1.82, 2.24) is 9.88 Å². The minimum absolute atomic E-state index is 0.0154. The van der Waals surface area contributed by atoms with Gasteiger partial charge in [-0.05, 0) is 54.7 Å². The molecule has 1 N–H and O–H groups in total. The van der Waals surface area contributed by atoms with Crippen molar-refractivity contribution in [3.8, 4) is 11.3 Å². The summed E-state index contributed by atoms with van der Waals surface area (Å²) < 4.78 is 0. The maximum atomic E-state index is 12.9. The number of hydrogen-bond acceptors (Lipinski definition) is 2. The van der Waals surface area contributed by atoms with E-state index >= 15 is 0 Å². The Bertz CT molecular complexity index is 1020. The van der Waals surface area contributed by atoms with Crippen LogP contribution in [0.4, 0.5) is 10.5 Å². The first-order chi connectivity index (χ1) is 13.7. The standard InChI is InChI=1S/C24H23N3O/c1-17-10-11-20(13-21(17)22-9-5-6-12-25-22)26-23(28)27-15-19-14-24(19,16-27)18-7-3-2-4-8-18/h2-13,19H,14-16H2,1H3,(H,26,28)/t19-,24+/m0/s1. The third-order valence-electron chi connectivity index (χ3n) is 6.21. The van der Waals surface area contributed by atoms with Gasteiger partial charge in [0.2, 0.25) is 0 Å². The monoisotopic (exact) mass is 369 g/mol. The Morgan fingerprint density at radius 3 is 2.71 bits per heavy atom. The summed E-state index contributed by atoms with van der Waals surface area (Å²) in [5.41, 5.74) is 5.45. The summed E-state index contributed by atoms with van der Waals surface area (Å²) in [6.45, 7) is 3.69. The van der Waals surface area contributed by atoms with Gasteiger partial charge in [0, 0.05) is 36.0 Å². The predicted molar refractivity (Wildman–Crippen MR) is 111 cm³/mol. The van der Waals surface area contributed by atoms with Crippen LogP contribution in [0.3, 0.4) is 0 Å². The maximum Gasteiger partial charge on any atom is 0.321 e. The summed E-state index contributed by atoms with van der Waals surface area (Å²) in [4.78, 5) is 19.3. The summed E-state index contributed by atoms with van der Waals surface area (Å²) in [7, 11) is 0. The summed E-state index contributed by atoms with van der Waals surface area (Å²) in [5.74, 6) is 0.586. The molecule has 5 rings (SSSR count). The summed E-state index contributed by atoms with van der Waals surface area (Å²) >= 11 is 0. The molecule has 0 unspecified atom stereocenters. The van der Waals surface area contributed by atoms with E-state index < -0.39 is 0 Å². The van der Waals surface area contributed by atoms with Crippen LogP contribution >= 0.6 is 0 Å². The van der Waals surface area contributed by atoms with Crippen LogP contribution in [0.15, 0.2) is 72.9 Å². The van der Waals surface area contributed by atoms with Crippen molar-refractivity contribution >= 4 is 11.7 Å². The minimum atomic E-state index is -0.0154. The highest BCUT2D eigenvalue weighted by Gasteiger charge is 2.61. The van der Waals surface area contributed by atoms with Gasteiger partial charge in [-0.25, -0.2) is 4.79 Å². The van der Waals surface area contributed by atoms with Crippen LogP contribution in [0.5, 0.6) is 0 Å². The maximum absolute atomic E-state index is 12.9. The Labute approximate surface area is 165 Å². The van der Waals surface area contributed by atoms with Crippen LogP contribution in [-0.4, -0.2) is 29.0 Å². The fourth-order valence-electron chi connectivity index (χ4n) is 4.55. The molecule has 0 radical (unpaired) electrons. The summed E-state index contributed by atoms with van der Waals surface area (Å²) in [6.07, 6.45) is 2.98. The molecule has 2 fully saturated rings. The fraction of sp³-hybridized carbons (Fsp3) is 0.250. The third kappa shape index (κ3) is 2.85. The van der Waals surface area contributed by atoms with E-state index in [0.717, 1.165) is 35.6 Å². The molecular formula is C24H23N3O. The van der Waals surface area contributed by atoms with Crippen LogP contribution in [0.25, 0.3) is 11.3 Å². The second-order valence-corrected chi connectivity index (χ2v) is 7.98. The zero-order valence-electron chi connectivity index (χ0n) is 15.9. The van der Waals surface area contributed by atoms with Crippen LogP contribution in [-0.2, 0) is 5.41 Å². The number of carbonyl (C=O) groups excluding carboxylic acids is 1. The molecule has 1 aliphatic carbocycles. The van der Waals surface area contributed by atoms with E-state index in [-0.39, 0.29) is 11.4 Å². The molecule has 2 atom stereocenters. The lowest BCUT2D eigenvalue weighted by Crippen LogP contribution is -2.36. The van der Waals surface area contributed by atoms with Crippen molar-refractivity contribution < 1.29 is 4.79 Å². The predicted octanol–water partition coefficient (Wildman–Crippen LogP) is 4.86. The zero-order chi connectivity index (χ0) is 19.1. The molecule has 28 heavy (non-hydrogen) atoms. The number of nitrogens with zero attached hydrogens (tertiary/aromatic N) is 2. The van der Waals surface area contributed by atoms with Crippen molar-refractivity contribution in [1.29, 1.82) is 0 Å². The summed E-state index contributed by atoms with van der Waals surface area (Å²) in [6, 6.07) is 22.5. The Hall–Kier alpha value is -3.14. The first-order valence-electron chi connectivity index (χ1n) is 9.79. The van der Waals surface area contributed by atoms with E-state index in [1.54, 1.807) is 6.20 Å². The van der Waals surface area contributed by atoms with Crippen LogP contribution in [0.1, 0.15) is 17.5 Å². The van der Waals surface area contributed by atoms with Gasteiger partial charge >= 0.3 is 6.03 Å². The highest BCUT2D eigenvalue weighted by Crippen LogP contribution is 2.58. The molecule has 140 valence electrons. The van der Waals surface area contributed by atoms with E-state index in [2.05, 4.69) is 41.5 Å². The van der Waals surface area contributed by atoms with Crippen LogP contribution < -0.4 is 5.32 Å². The van der Waals surface area contributed by atoms with Gasteiger partial charge in [-0.15, -0.1) is 0 Å². The highest BCUT2D eigenvalue weighted by molar-refractivity contribution is 5.91. The molecule has 0 bridgehead atoms. The molecule has 4 nitrogen and oxygen atoms in total. The lowest BCUT2D eigenvalue weighted by atomic mass is 9.95. The quantitative estimate of drug-likeness (QED) is 0.716. The molecular weight excluding hydrogens is 346 g/mol. The van der Waals surface area contributed by atoms with E-state index in [1.807, 2.05) is 47.4 Å². The minimum Gasteiger partial charge on any atom is -0.323 e. The highest BCUT2D eigenvalue weighted by atomic mass is 16.2. The normalized spacial score (nSPS) is 22.6. The molecule has 1 saturated carbocycles. The number of hydrogen-bond donors (Lipinski definition) is 1. The number of fused-ring (bicyclic) bond motifs is 1. The molecule has 1 aliphatic heterocycles. The first kappa shape index (κ1) is 17.0. The lowest BCUT2D eigenvalue weighted by Gasteiger charge is -2.22. The number of aromatic nitrogens is 1. The van der Waals surface area contributed by atoms with Crippen molar-refractivity contribution in [3.05, 3.63) is 84.1 Å². The average molecular weight is 369 g/mol. The van der Waals surface area contributed by atoms with Crippen molar-refractivity contribution in [2.24, 2.45) is 5.92 Å². The molecule has 2 amide bonds. The van der Waals surface area contributed by atoms with Gasteiger partial charge in [0.15, 0.2) is 0 Å². The van der Waals surface area contributed by atoms with Gasteiger partial charge in [-0.2, -0.15) is 0 Å². The van der Waals surface area contributed by atoms with E-state index in [9.17, 15) is 4.79 Å². The lowest BCUT2D eigenvalue weighted by molar-refractivity contribution is 0.216. The number of likely N-dealkylation sites (tertiary alicyclic amines) is 1. The molecule has 4 heteroatoms. The number of pyridine rings is 1. The molecule has 1 aromatic heterocycles. The topological polar surface area (TPSA) is 45.2 Å². The smallest absolute Gasteiger partial charge is 0.321 e. The molecule has 2 aliphatic rings. The van der Waals surface area contributed by atoms with Crippen molar-refractivity contribution in [2.75, 3.05) is 18.4 Å². The van der Waals surface area contributed by atoms with Crippen molar-refractivity contribution in [2.45, 2.75) is 18.8 Å². The van der Waals surface area contributed by atoms with E-state index in [4.69, 9.17) is 0 Å². The number of benzene rings is 2. The Kier molecular flexibility index (Phi) is 3.93. The van der Waals surface area contributed by atoms with Gasteiger partial charge < -0.3 is 10.2 Å². The number of nitrogens with one attached hydrogen (secondary N) is 1. The molecule has 2 aromatic carbocycles. The van der Waals surface area contributed by atoms with Gasteiger partial charge in [-0.1, -0.05) is 42.5 Å². The second-order valence-electron chi connectivity index (χ2n) is 7.98. The van der Waals surface area contributed by atoms with Gasteiger partial charge in [-0.3, -0.25) is 4.98 Å². The third-order valence-corrected chi connectivity index (χ3v) is 6.21. The van der Waals surface area contributed by atoms with E-state index in [1.165, 1.54) is 12.0 Å². The Morgan fingerprint density at radius 2 is 1.93 bits per heavy atom. The van der Waals surface area contributed by atoms with Gasteiger partial charge in [0.05, 0.1) is 5.69 Å². The number of aryl methyl sites for hydroxylation is 1. The number of carbonyl (C=O) groups is 1. The molecule has 3 aromatic rings. The molecule has 0 spiro atoms. The second kappa shape index (κ2) is 6.48. The van der Waals surface area contributed by atoms with Crippen molar-refractivity contribution in [3.63, 3.8) is 0 Å². The average Bonchev–Trinajstić information content (AvgIpc) is 3.31. The molecule has 2 heterocycles. The number of amides is 2. The SMILES string of the molecule is Cc1ccc(NC(=O)N2C[C@@H]3C[C@]3(c3ccccc3)C2)cc1-c1ccccn1. The van der Waals surface area contributed by atoms with Gasteiger partial charge in [0.25, 0.3) is 0 Å². The zero-order valence-corrected chi connectivity index (χ0v) is 15.9. The number of urea groups is 1. The number of anilines is 1. The summed E-state index contributed by atoms with van der Waals surface area (Å²) in [5, 5.41) is 3.09. The van der Waals surface area contributed by atoms with Crippen LogP contribution in [0.2, 0.25) is 0 Å². The fourth-order valence-corrected chi connectivity index (χ4v) is 4.55.